The van der Waals surface area contributed by atoms with Crippen molar-refractivity contribution in [3.8, 4) is 5.75 Å². The molecule has 0 spiro atoms. The third-order valence-electron chi connectivity index (χ3n) is 3.37. The van der Waals surface area contributed by atoms with Crippen LogP contribution in [0.15, 0.2) is 16.6 Å². The summed E-state index contributed by atoms with van der Waals surface area (Å²) in [5.74, 6) is 0.637. The van der Waals surface area contributed by atoms with Crippen molar-refractivity contribution in [1.29, 1.82) is 0 Å². The number of hydrogen-bond donors (Lipinski definition) is 1. The van der Waals surface area contributed by atoms with Crippen molar-refractivity contribution in [3.63, 3.8) is 0 Å². The Bertz CT molecular complexity index is 484. The molecule has 1 amide bonds. The number of nitrogens with one attached hydrogen (secondary N) is 1. The van der Waals surface area contributed by atoms with Crippen molar-refractivity contribution in [2.45, 2.75) is 32.8 Å². The van der Waals surface area contributed by atoms with Gasteiger partial charge in [-0.15, -0.1) is 0 Å². The van der Waals surface area contributed by atoms with E-state index < -0.39 is 0 Å². The molecule has 0 unspecified atom stereocenters. The van der Waals surface area contributed by atoms with Crippen LogP contribution in [0.1, 0.15) is 24.0 Å². The molecule has 0 bridgehead atoms. The molecule has 1 fully saturated rings. The highest BCUT2D eigenvalue weighted by Gasteiger charge is 2.16. The highest BCUT2D eigenvalue weighted by atomic mass is 79.9. The minimum absolute atomic E-state index is 0.0363. The van der Waals surface area contributed by atoms with E-state index in [1.807, 2.05) is 26.0 Å². The van der Waals surface area contributed by atoms with Gasteiger partial charge in [-0.1, -0.05) is 15.9 Å². The van der Waals surface area contributed by atoms with E-state index in [-0.39, 0.29) is 18.6 Å². The molecule has 1 saturated heterocycles. The van der Waals surface area contributed by atoms with Crippen LogP contribution < -0.4 is 10.1 Å². The van der Waals surface area contributed by atoms with Gasteiger partial charge in [0, 0.05) is 17.6 Å². The van der Waals surface area contributed by atoms with E-state index in [4.69, 9.17) is 9.47 Å². The second kappa shape index (κ2) is 7.09. The summed E-state index contributed by atoms with van der Waals surface area (Å²) in [6, 6.07) is 3.93. The largest absolute Gasteiger partial charge is 0.483 e. The zero-order valence-corrected chi connectivity index (χ0v) is 13.5. The fraction of sp³-hybridized carbons (Fsp3) is 0.533. The molecule has 1 aromatic carbocycles. The Balaban J connectivity index is 1.79. The van der Waals surface area contributed by atoms with Gasteiger partial charge in [-0.05, 0) is 49.9 Å². The van der Waals surface area contributed by atoms with E-state index >= 15 is 0 Å². The Labute approximate surface area is 128 Å². The third-order valence-corrected chi connectivity index (χ3v) is 4.22. The molecular weight excluding hydrogens is 322 g/mol. The molecule has 1 heterocycles. The Kier molecular flexibility index (Phi) is 5.43. The average molecular weight is 342 g/mol. The lowest BCUT2D eigenvalue weighted by molar-refractivity contribution is -0.123. The van der Waals surface area contributed by atoms with Crippen LogP contribution in [0, 0.1) is 13.8 Å². The zero-order chi connectivity index (χ0) is 14.5. The maximum Gasteiger partial charge on any atom is 0.258 e. The maximum atomic E-state index is 11.7. The lowest BCUT2D eigenvalue weighted by Gasteiger charge is -2.13. The lowest BCUT2D eigenvalue weighted by Crippen LogP contribution is -2.35. The summed E-state index contributed by atoms with van der Waals surface area (Å²) in [4.78, 5) is 11.7. The molecule has 4 nitrogen and oxygen atoms in total. The molecule has 0 aliphatic carbocycles. The molecule has 20 heavy (non-hydrogen) atoms. The predicted molar refractivity (Wildman–Crippen MR) is 81.1 cm³/mol. The van der Waals surface area contributed by atoms with Gasteiger partial charge in [0.05, 0.1) is 6.10 Å². The summed E-state index contributed by atoms with van der Waals surface area (Å²) in [6.07, 6.45) is 2.26. The van der Waals surface area contributed by atoms with E-state index in [2.05, 4.69) is 21.2 Å². The Morgan fingerprint density at radius 2 is 2.25 bits per heavy atom. The van der Waals surface area contributed by atoms with Gasteiger partial charge >= 0.3 is 0 Å². The average Bonchev–Trinajstić information content (AvgIpc) is 2.92. The molecule has 2 rings (SSSR count). The molecule has 1 N–H and O–H groups in total. The first-order valence-corrected chi connectivity index (χ1v) is 7.63. The quantitative estimate of drug-likeness (QED) is 0.895. The van der Waals surface area contributed by atoms with Crippen LogP contribution in [0.5, 0.6) is 5.75 Å². The Morgan fingerprint density at radius 1 is 1.45 bits per heavy atom. The monoisotopic (exact) mass is 341 g/mol. The zero-order valence-electron chi connectivity index (χ0n) is 11.9. The second-order valence-corrected chi connectivity index (χ2v) is 5.95. The number of carbonyl (C=O) groups is 1. The lowest BCUT2D eigenvalue weighted by atomic mass is 10.1. The molecule has 0 aromatic heterocycles. The first-order valence-electron chi connectivity index (χ1n) is 6.84. The number of aryl methyl sites for hydroxylation is 2. The van der Waals surface area contributed by atoms with Crippen molar-refractivity contribution in [3.05, 3.63) is 27.7 Å². The second-order valence-electron chi connectivity index (χ2n) is 5.09. The third kappa shape index (κ3) is 4.21. The van der Waals surface area contributed by atoms with Gasteiger partial charge in [0.15, 0.2) is 6.61 Å². The van der Waals surface area contributed by atoms with Gasteiger partial charge in [-0.3, -0.25) is 4.79 Å². The number of rotatable bonds is 5. The molecule has 1 aromatic rings. The van der Waals surface area contributed by atoms with Crippen LogP contribution in [0.2, 0.25) is 0 Å². The van der Waals surface area contributed by atoms with Crippen molar-refractivity contribution in [1.82, 2.24) is 5.32 Å². The van der Waals surface area contributed by atoms with Crippen molar-refractivity contribution in [2.24, 2.45) is 0 Å². The molecule has 0 radical (unpaired) electrons. The number of benzene rings is 1. The standard InChI is InChI=1S/C15H20BrNO3/c1-10-7-14(11(2)6-13(10)16)20-9-15(18)17-8-12-4-3-5-19-12/h6-7,12H,3-5,8-9H2,1-2H3,(H,17,18)/t12-/m1/s1. The van der Waals surface area contributed by atoms with Gasteiger partial charge in [0.25, 0.3) is 5.91 Å². The topological polar surface area (TPSA) is 47.6 Å². The van der Waals surface area contributed by atoms with Crippen LogP contribution in [0.25, 0.3) is 0 Å². The minimum Gasteiger partial charge on any atom is -0.483 e. The van der Waals surface area contributed by atoms with Crippen LogP contribution in [0.3, 0.4) is 0 Å². The fourth-order valence-electron chi connectivity index (χ4n) is 2.14. The minimum atomic E-state index is -0.111. The first kappa shape index (κ1) is 15.3. The van der Waals surface area contributed by atoms with Crippen molar-refractivity contribution >= 4 is 21.8 Å². The first-order chi connectivity index (χ1) is 9.56. The summed E-state index contributed by atoms with van der Waals surface area (Å²) in [5.41, 5.74) is 2.10. The number of hydrogen-bond acceptors (Lipinski definition) is 3. The van der Waals surface area contributed by atoms with Crippen molar-refractivity contribution < 1.29 is 14.3 Å². The van der Waals surface area contributed by atoms with Crippen LogP contribution >= 0.6 is 15.9 Å². The molecule has 1 aliphatic rings. The molecular formula is C15H20BrNO3. The molecule has 1 aliphatic heterocycles. The SMILES string of the molecule is Cc1cc(OCC(=O)NC[C@H]2CCCO2)c(C)cc1Br. The predicted octanol–water partition coefficient (Wildman–Crippen LogP) is 2.74. The Morgan fingerprint density at radius 3 is 2.95 bits per heavy atom. The van der Waals surface area contributed by atoms with E-state index in [0.29, 0.717) is 6.54 Å². The van der Waals surface area contributed by atoms with Gasteiger partial charge < -0.3 is 14.8 Å². The van der Waals surface area contributed by atoms with Crippen LogP contribution in [0.4, 0.5) is 0 Å². The molecule has 5 heteroatoms. The molecule has 110 valence electrons. The molecule has 1 atom stereocenters. The summed E-state index contributed by atoms with van der Waals surface area (Å²) in [7, 11) is 0. The smallest absolute Gasteiger partial charge is 0.258 e. The maximum absolute atomic E-state index is 11.7. The normalized spacial score (nSPS) is 18.1. The summed E-state index contributed by atoms with van der Waals surface area (Å²) in [6.45, 7) is 5.36. The van der Waals surface area contributed by atoms with Gasteiger partial charge in [-0.2, -0.15) is 0 Å². The highest BCUT2D eigenvalue weighted by molar-refractivity contribution is 9.10. The van der Waals surface area contributed by atoms with E-state index in [1.54, 1.807) is 0 Å². The van der Waals surface area contributed by atoms with Crippen LogP contribution in [-0.2, 0) is 9.53 Å². The highest BCUT2D eigenvalue weighted by Crippen LogP contribution is 2.26. The van der Waals surface area contributed by atoms with E-state index in [9.17, 15) is 4.79 Å². The number of carbonyl (C=O) groups excluding carboxylic acids is 1. The van der Waals surface area contributed by atoms with E-state index in [1.165, 1.54) is 0 Å². The number of amides is 1. The molecule has 0 saturated carbocycles. The fourth-order valence-corrected chi connectivity index (χ4v) is 2.60. The Hall–Kier alpha value is -1.07. The van der Waals surface area contributed by atoms with Gasteiger partial charge in [0.1, 0.15) is 5.75 Å². The summed E-state index contributed by atoms with van der Waals surface area (Å²) >= 11 is 3.47. The number of halogens is 1. The van der Waals surface area contributed by atoms with E-state index in [0.717, 1.165) is 40.8 Å². The van der Waals surface area contributed by atoms with Gasteiger partial charge in [0.2, 0.25) is 0 Å². The summed E-state index contributed by atoms with van der Waals surface area (Å²) < 4.78 is 12.1. The van der Waals surface area contributed by atoms with Crippen molar-refractivity contribution in [2.75, 3.05) is 19.8 Å². The van der Waals surface area contributed by atoms with Crippen LogP contribution in [-0.4, -0.2) is 31.8 Å². The summed E-state index contributed by atoms with van der Waals surface area (Å²) in [5, 5.41) is 2.84. The number of ether oxygens (including phenoxy) is 2. The van der Waals surface area contributed by atoms with Gasteiger partial charge in [-0.25, -0.2) is 0 Å².